The van der Waals surface area contributed by atoms with Crippen molar-refractivity contribution in [1.29, 1.82) is 0 Å². The molecular weight excluding hydrogens is 561 g/mol. The molecule has 0 aromatic carbocycles. The number of nitrogens with one attached hydrogen (secondary N) is 1. The molecule has 4 unspecified atom stereocenters. The van der Waals surface area contributed by atoms with Gasteiger partial charge in [-0.3, -0.25) is 9.59 Å². The molecule has 0 fully saturated rings. The molecule has 0 aliphatic rings. The number of rotatable bonds is 18. The van der Waals surface area contributed by atoms with E-state index in [0.29, 0.717) is 6.42 Å². The molecule has 8 heteroatoms. The summed E-state index contributed by atoms with van der Waals surface area (Å²) in [7, 11) is -2.36. The predicted octanol–water partition coefficient (Wildman–Crippen LogP) is 8.28. The Morgan fingerprint density at radius 1 is 1.17 bits per heavy atom. The van der Waals surface area contributed by atoms with Crippen molar-refractivity contribution >= 4 is 37.4 Å². The summed E-state index contributed by atoms with van der Waals surface area (Å²) in [5.74, 6) is -0.884. The molecule has 42 heavy (non-hydrogen) atoms. The number of carbonyl (C=O) groups is 2. The number of carbonyl (C=O) groups excluding carboxylic acids is 2. The van der Waals surface area contributed by atoms with Gasteiger partial charge in [0.2, 0.25) is 5.91 Å². The van der Waals surface area contributed by atoms with Gasteiger partial charge in [-0.15, -0.1) is 24.5 Å². The highest BCUT2D eigenvalue weighted by atomic mass is 32.1. The normalized spacial score (nSPS) is 16.7. The SMILES string of the molecule is C=CCCCC(C)C(O)C(C)C(=O)C(C)(C)[C@H](CC(=O)NC(CC=C)/C(C)=C/c1csc(C)n1)O[Si](C)(C)C(C)(C)C. The Morgan fingerprint density at radius 2 is 1.79 bits per heavy atom. The molecule has 0 aliphatic heterocycles. The quantitative estimate of drug-likeness (QED) is 0.0982. The molecule has 238 valence electrons. The van der Waals surface area contributed by atoms with Gasteiger partial charge in [-0.1, -0.05) is 60.6 Å². The number of allylic oxidation sites excluding steroid dienone is 1. The maximum absolute atomic E-state index is 14.0. The number of hydrogen-bond donors (Lipinski definition) is 2. The van der Waals surface area contributed by atoms with Gasteiger partial charge in [0, 0.05) is 16.7 Å². The number of aryl methyl sites for hydroxylation is 1. The summed E-state index contributed by atoms with van der Waals surface area (Å²) in [6.45, 7) is 29.9. The number of thiazole rings is 1. The van der Waals surface area contributed by atoms with E-state index in [1.165, 1.54) is 0 Å². The van der Waals surface area contributed by atoms with Crippen LogP contribution in [0.5, 0.6) is 0 Å². The van der Waals surface area contributed by atoms with Gasteiger partial charge >= 0.3 is 0 Å². The summed E-state index contributed by atoms with van der Waals surface area (Å²) in [4.78, 5) is 32.2. The highest BCUT2D eigenvalue weighted by Gasteiger charge is 2.48. The molecule has 1 amide bonds. The molecule has 1 heterocycles. The Kier molecular flexibility index (Phi) is 14.8. The van der Waals surface area contributed by atoms with Crippen LogP contribution in [-0.2, 0) is 14.0 Å². The molecule has 1 aromatic rings. The summed E-state index contributed by atoms with van der Waals surface area (Å²) >= 11 is 1.59. The first-order valence-corrected chi connectivity index (χ1v) is 19.1. The molecular formula is C34H58N2O4SSi. The monoisotopic (exact) mass is 618 g/mol. The average molecular weight is 619 g/mol. The Labute approximate surface area is 261 Å². The van der Waals surface area contributed by atoms with Crippen molar-refractivity contribution in [3.63, 3.8) is 0 Å². The number of nitrogens with zero attached hydrogens (tertiary/aromatic N) is 1. The lowest BCUT2D eigenvalue weighted by molar-refractivity contribution is -0.142. The van der Waals surface area contributed by atoms with E-state index >= 15 is 0 Å². The van der Waals surface area contributed by atoms with Gasteiger partial charge < -0.3 is 14.8 Å². The number of amides is 1. The van der Waals surface area contributed by atoms with E-state index in [9.17, 15) is 14.7 Å². The molecule has 2 N–H and O–H groups in total. The van der Waals surface area contributed by atoms with E-state index in [-0.39, 0.29) is 35.1 Å². The third-order valence-electron chi connectivity index (χ3n) is 8.93. The minimum absolute atomic E-state index is 0.0290. The lowest BCUT2D eigenvalue weighted by Crippen LogP contribution is -2.53. The first-order chi connectivity index (χ1) is 19.3. The number of aliphatic hydroxyl groups is 1. The molecule has 0 bridgehead atoms. The highest BCUT2D eigenvalue weighted by Crippen LogP contribution is 2.42. The van der Waals surface area contributed by atoms with Crippen molar-refractivity contribution in [2.75, 3.05) is 0 Å². The first kappa shape index (κ1) is 38.2. The van der Waals surface area contributed by atoms with Gasteiger partial charge in [0.1, 0.15) is 5.78 Å². The van der Waals surface area contributed by atoms with Crippen LogP contribution in [0.3, 0.4) is 0 Å². The van der Waals surface area contributed by atoms with Crippen molar-refractivity contribution < 1.29 is 19.1 Å². The lowest BCUT2D eigenvalue weighted by Gasteiger charge is -2.44. The Balaban J connectivity index is 3.28. The number of hydrogen-bond acceptors (Lipinski definition) is 6. The number of ketones is 1. The molecule has 0 spiro atoms. The molecule has 0 saturated carbocycles. The summed E-state index contributed by atoms with van der Waals surface area (Å²) in [5.41, 5.74) is 0.855. The first-order valence-electron chi connectivity index (χ1n) is 15.3. The third kappa shape index (κ3) is 11.0. The van der Waals surface area contributed by atoms with Gasteiger partial charge in [0.05, 0.1) is 35.4 Å². The van der Waals surface area contributed by atoms with Crippen molar-refractivity contribution in [2.45, 2.75) is 131 Å². The standard InChI is InChI=1S/C34H58N2O4SSi/c1-14-16-17-19-23(3)31(38)25(5)32(39)34(10,11)29(40-42(12,13)33(7,8)9)21-30(37)36-28(18-15-2)24(4)20-27-22-41-26(6)35-27/h14-15,20,22-23,25,28-29,31,38H,1-2,16-19,21H2,3-13H3,(H,36,37)/b24-20+/t23?,25?,28?,29-,31?/m0/s1. The Hall–Kier alpha value is -1.87. The van der Waals surface area contributed by atoms with E-state index in [4.69, 9.17) is 4.43 Å². The molecule has 0 aliphatic carbocycles. The fourth-order valence-electron chi connectivity index (χ4n) is 4.85. The number of unbranched alkanes of at least 4 members (excludes halogenated alkanes) is 1. The van der Waals surface area contributed by atoms with Gasteiger partial charge in [0.15, 0.2) is 8.32 Å². The molecule has 1 aromatic heterocycles. The third-order valence-corrected chi connectivity index (χ3v) is 14.2. The van der Waals surface area contributed by atoms with E-state index in [0.717, 1.165) is 35.5 Å². The zero-order valence-electron chi connectivity index (χ0n) is 28.2. The lowest BCUT2D eigenvalue weighted by atomic mass is 9.73. The molecule has 0 saturated heterocycles. The zero-order chi connectivity index (χ0) is 32.5. The summed E-state index contributed by atoms with van der Waals surface area (Å²) in [5, 5.41) is 17.2. The molecule has 1 rings (SSSR count). The van der Waals surface area contributed by atoms with Crippen LogP contribution in [-0.4, -0.2) is 48.3 Å². The fraction of sp³-hybridized carbons (Fsp3) is 0.676. The van der Waals surface area contributed by atoms with Crippen molar-refractivity contribution in [1.82, 2.24) is 10.3 Å². The highest BCUT2D eigenvalue weighted by molar-refractivity contribution is 7.09. The second kappa shape index (κ2) is 16.3. The zero-order valence-corrected chi connectivity index (χ0v) is 30.0. The minimum atomic E-state index is -2.36. The second-order valence-electron chi connectivity index (χ2n) is 14.0. The van der Waals surface area contributed by atoms with Crippen LogP contribution in [0.2, 0.25) is 18.1 Å². The van der Waals surface area contributed by atoms with Gasteiger partial charge in [-0.2, -0.15) is 0 Å². The van der Waals surface area contributed by atoms with Crippen LogP contribution in [0.15, 0.2) is 36.3 Å². The van der Waals surface area contributed by atoms with E-state index in [1.807, 2.05) is 52.2 Å². The minimum Gasteiger partial charge on any atom is -0.412 e. The van der Waals surface area contributed by atoms with Crippen LogP contribution in [0, 0.1) is 24.2 Å². The van der Waals surface area contributed by atoms with Crippen LogP contribution in [0.25, 0.3) is 6.08 Å². The molecule has 5 atom stereocenters. The van der Waals surface area contributed by atoms with Gasteiger partial charge in [0.25, 0.3) is 0 Å². The summed E-state index contributed by atoms with van der Waals surface area (Å²) < 4.78 is 6.85. The van der Waals surface area contributed by atoms with E-state index in [1.54, 1.807) is 24.3 Å². The van der Waals surface area contributed by atoms with E-state index < -0.39 is 31.9 Å². The Bertz CT molecular complexity index is 1090. The van der Waals surface area contributed by atoms with Crippen molar-refractivity contribution in [2.24, 2.45) is 17.3 Å². The van der Waals surface area contributed by atoms with Crippen LogP contribution < -0.4 is 5.32 Å². The van der Waals surface area contributed by atoms with E-state index in [2.05, 4.69) is 57.3 Å². The van der Waals surface area contributed by atoms with Crippen LogP contribution in [0.4, 0.5) is 0 Å². The number of aromatic nitrogens is 1. The smallest absolute Gasteiger partial charge is 0.223 e. The van der Waals surface area contributed by atoms with Gasteiger partial charge in [-0.25, -0.2) is 4.98 Å². The number of Topliss-reactive ketones (excluding diaryl/α,β-unsaturated/α-hetero) is 1. The second-order valence-corrected chi connectivity index (χ2v) is 19.8. The Morgan fingerprint density at radius 3 is 2.29 bits per heavy atom. The molecule has 6 nitrogen and oxygen atoms in total. The van der Waals surface area contributed by atoms with Gasteiger partial charge in [-0.05, 0) is 75.2 Å². The van der Waals surface area contributed by atoms with Crippen LogP contribution in [0.1, 0.15) is 98.2 Å². The summed E-state index contributed by atoms with van der Waals surface area (Å²) in [6.07, 6.45) is 7.48. The number of aliphatic hydroxyl groups excluding tert-OH is 1. The maximum Gasteiger partial charge on any atom is 0.223 e. The van der Waals surface area contributed by atoms with Crippen LogP contribution >= 0.6 is 11.3 Å². The average Bonchev–Trinajstić information content (AvgIpc) is 3.29. The topological polar surface area (TPSA) is 88.5 Å². The largest absolute Gasteiger partial charge is 0.412 e. The predicted molar refractivity (Wildman–Crippen MR) is 181 cm³/mol. The molecule has 0 radical (unpaired) electrons. The summed E-state index contributed by atoms with van der Waals surface area (Å²) in [6, 6.07) is -0.249. The fourth-order valence-corrected chi connectivity index (χ4v) is 6.87. The maximum atomic E-state index is 14.0. The van der Waals surface area contributed by atoms with Crippen molar-refractivity contribution in [3.05, 3.63) is 47.0 Å². The van der Waals surface area contributed by atoms with Crippen molar-refractivity contribution in [3.8, 4) is 0 Å².